The minimum absolute atomic E-state index is 0.00748. The van der Waals surface area contributed by atoms with Gasteiger partial charge in [-0.15, -0.1) is 0 Å². The van der Waals surface area contributed by atoms with Crippen molar-refractivity contribution >= 4 is 5.82 Å². The Morgan fingerprint density at radius 2 is 1.71 bits per heavy atom. The van der Waals surface area contributed by atoms with Crippen molar-refractivity contribution in [2.24, 2.45) is 0 Å². The molecule has 3 aromatic heterocycles. The zero-order chi connectivity index (χ0) is 29.7. The van der Waals surface area contributed by atoms with E-state index in [2.05, 4.69) is 30.9 Å². The Bertz CT molecular complexity index is 1610. The summed E-state index contributed by atoms with van der Waals surface area (Å²) in [6.07, 6.45) is -2.58. The number of aromatic nitrogens is 5. The van der Waals surface area contributed by atoms with Crippen LogP contribution >= 0.6 is 0 Å². The molecule has 0 bridgehead atoms. The van der Waals surface area contributed by atoms with E-state index in [4.69, 9.17) is 4.52 Å². The third-order valence-electron chi connectivity index (χ3n) is 6.39. The van der Waals surface area contributed by atoms with E-state index in [0.717, 1.165) is 6.20 Å². The van der Waals surface area contributed by atoms with E-state index in [1.165, 1.54) is 23.1 Å². The van der Waals surface area contributed by atoms with Crippen LogP contribution < -0.4 is 10.6 Å². The summed E-state index contributed by atoms with van der Waals surface area (Å²) in [7, 11) is 0. The molecule has 0 spiro atoms. The van der Waals surface area contributed by atoms with Gasteiger partial charge < -0.3 is 14.9 Å². The number of hydrogen-bond donors (Lipinski definition) is 3. The monoisotopic (exact) mass is 585 g/mol. The summed E-state index contributed by atoms with van der Waals surface area (Å²) in [5.41, 5.74) is 1.73. The van der Waals surface area contributed by atoms with Crippen LogP contribution in [0, 0.1) is 11.6 Å². The SMILES string of the molecule is OCC(N[C@H](CNc1nc(-c2cc(-c3ccon3)n(Cc3ccccc3F)n2)ncc1F)C(F)(F)F)c1ccccc1. The number of nitrogens with one attached hydrogen (secondary N) is 2. The van der Waals surface area contributed by atoms with Crippen LogP contribution in [-0.4, -0.2) is 55.4 Å². The quantitative estimate of drug-likeness (QED) is 0.186. The second kappa shape index (κ2) is 12.4. The van der Waals surface area contributed by atoms with Crippen LogP contribution in [0.1, 0.15) is 17.2 Å². The highest BCUT2D eigenvalue weighted by atomic mass is 19.4. The Morgan fingerprint density at radius 3 is 2.40 bits per heavy atom. The summed E-state index contributed by atoms with van der Waals surface area (Å²) >= 11 is 0. The van der Waals surface area contributed by atoms with E-state index in [0.29, 0.717) is 22.5 Å². The van der Waals surface area contributed by atoms with Crippen LogP contribution in [0.2, 0.25) is 0 Å². The number of rotatable bonds is 11. The second-order valence-corrected chi connectivity index (χ2v) is 9.23. The highest BCUT2D eigenvalue weighted by Crippen LogP contribution is 2.27. The van der Waals surface area contributed by atoms with Crippen molar-refractivity contribution in [3.8, 4) is 22.9 Å². The van der Waals surface area contributed by atoms with Crippen molar-refractivity contribution in [2.75, 3.05) is 18.5 Å². The zero-order valence-corrected chi connectivity index (χ0v) is 21.8. The van der Waals surface area contributed by atoms with Gasteiger partial charge in [0.15, 0.2) is 17.5 Å². The standard InChI is InChI=1S/C28H24F5N7O2/c29-19-9-5-4-8-18(19)15-40-24(21-10-11-42-39-21)12-22(38-40)27-34-13-20(30)26(37-27)35-14-25(28(31,32)33)36-23(16-41)17-6-2-1-3-7-17/h1-13,23,25,36,41H,14-16H2,(H,34,35,37)/t23?,25-/m1/s1. The lowest BCUT2D eigenvalue weighted by atomic mass is 10.1. The first-order valence-electron chi connectivity index (χ1n) is 12.7. The molecule has 218 valence electrons. The highest BCUT2D eigenvalue weighted by molar-refractivity contribution is 5.63. The Hall–Kier alpha value is -4.69. The summed E-state index contributed by atoms with van der Waals surface area (Å²) < 4.78 is 77.1. The fraction of sp³-hybridized carbons (Fsp3) is 0.214. The topological polar surface area (TPSA) is 114 Å². The first kappa shape index (κ1) is 28.8. The summed E-state index contributed by atoms with van der Waals surface area (Å²) in [5, 5.41) is 22.8. The van der Waals surface area contributed by atoms with Gasteiger partial charge in [-0.05, 0) is 17.7 Å². The van der Waals surface area contributed by atoms with Crippen molar-refractivity contribution in [3.05, 3.63) is 102 Å². The number of benzene rings is 2. The molecule has 2 aromatic carbocycles. The van der Waals surface area contributed by atoms with Gasteiger partial charge in [-0.2, -0.15) is 18.3 Å². The normalized spacial score (nSPS) is 13.2. The van der Waals surface area contributed by atoms with E-state index in [1.54, 1.807) is 54.6 Å². The van der Waals surface area contributed by atoms with Crippen molar-refractivity contribution in [1.82, 2.24) is 30.2 Å². The van der Waals surface area contributed by atoms with Gasteiger partial charge in [0, 0.05) is 18.2 Å². The van der Waals surface area contributed by atoms with Crippen molar-refractivity contribution in [2.45, 2.75) is 24.8 Å². The highest BCUT2D eigenvalue weighted by Gasteiger charge is 2.41. The smallest absolute Gasteiger partial charge is 0.394 e. The number of nitrogens with zero attached hydrogens (tertiary/aromatic N) is 5. The Labute approximate surface area is 236 Å². The molecular formula is C28H24F5N7O2. The van der Waals surface area contributed by atoms with Crippen LogP contribution in [-0.2, 0) is 6.54 Å². The molecule has 0 saturated carbocycles. The van der Waals surface area contributed by atoms with Gasteiger partial charge in [0.1, 0.15) is 29.5 Å². The number of hydrogen-bond acceptors (Lipinski definition) is 8. The number of halogens is 5. The van der Waals surface area contributed by atoms with Gasteiger partial charge in [-0.1, -0.05) is 53.7 Å². The fourth-order valence-corrected chi connectivity index (χ4v) is 4.25. The zero-order valence-electron chi connectivity index (χ0n) is 21.8. The Balaban J connectivity index is 1.40. The maximum absolute atomic E-state index is 14.6. The van der Waals surface area contributed by atoms with Gasteiger partial charge in [-0.25, -0.2) is 18.7 Å². The van der Waals surface area contributed by atoms with Crippen LogP contribution in [0.5, 0.6) is 0 Å². The number of aliphatic hydroxyl groups is 1. The largest absolute Gasteiger partial charge is 0.405 e. The molecule has 0 amide bonds. The summed E-state index contributed by atoms with van der Waals surface area (Å²) in [4.78, 5) is 8.03. The molecule has 14 heteroatoms. The van der Waals surface area contributed by atoms with Crippen molar-refractivity contribution in [1.29, 1.82) is 0 Å². The number of aliphatic hydroxyl groups excluding tert-OH is 1. The summed E-state index contributed by atoms with van der Waals surface area (Å²) in [6.45, 7) is -1.38. The third-order valence-corrected chi connectivity index (χ3v) is 6.39. The minimum atomic E-state index is -4.74. The molecule has 2 atom stereocenters. The molecule has 0 radical (unpaired) electrons. The maximum atomic E-state index is 14.6. The van der Waals surface area contributed by atoms with Crippen molar-refractivity contribution < 1.29 is 31.6 Å². The predicted octanol–water partition coefficient (Wildman–Crippen LogP) is 4.99. The minimum Gasteiger partial charge on any atom is -0.394 e. The summed E-state index contributed by atoms with van der Waals surface area (Å²) in [5.74, 6) is -2.01. The lowest BCUT2D eigenvalue weighted by molar-refractivity contribution is -0.155. The molecule has 3 N–H and O–H groups in total. The van der Waals surface area contributed by atoms with E-state index in [-0.39, 0.29) is 18.1 Å². The molecule has 5 rings (SSSR count). The fourth-order valence-electron chi connectivity index (χ4n) is 4.25. The Kier molecular flexibility index (Phi) is 8.54. The molecule has 42 heavy (non-hydrogen) atoms. The lowest BCUT2D eigenvalue weighted by Crippen LogP contribution is -2.49. The van der Waals surface area contributed by atoms with Crippen LogP contribution in [0.3, 0.4) is 0 Å². The average molecular weight is 586 g/mol. The van der Waals surface area contributed by atoms with Crippen molar-refractivity contribution in [3.63, 3.8) is 0 Å². The molecule has 9 nitrogen and oxygen atoms in total. The van der Waals surface area contributed by atoms with Crippen LogP contribution in [0.4, 0.5) is 27.8 Å². The van der Waals surface area contributed by atoms with Crippen LogP contribution in [0.15, 0.2) is 83.7 Å². The molecule has 5 aromatic rings. The molecule has 0 aliphatic rings. The van der Waals surface area contributed by atoms with Gasteiger partial charge in [-0.3, -0.25) is 10.00 Å². The predicted molar refractivity (Wildman–Crippen MR) is 142 cm³/mol. The molecule has 3 heterocycles. The molecular weight excluding hydrogens is 561 g/mol. The molecule has 0 saturated heterocycles. The first-order chi connectivity index (χ1) is 20.2. The van der Waals surface area contributed by atoms with Gasteiger partial charge >= 0.3 is 6.18 Å². The van der Waals surface area contributed by atoms with Crippen LogP contribution in [0.25, 0.3) is 22.9 Å². The molecule has 0 fully saturated rings. The average Bonchev–Trinajstić information content (AvgIpc) is 3.65. The maximum Gasteiger partial charge on any atom is 0.405 e. The van der Waals surface area contributed by atoms with Gasteiger partial charge in [0.2, 0.25) is 0 Å². The van der Waals surface area contributed by atoms with E-state index in [9.17, 15) is 27.1 Å². The molecule has 0 aliphatic carbocycles. The number of alkyl halides is 3. The summed E-state index contributed by atoms with van der Waals surface area (Å²) in [6, 6.07) is 14.2. The second-order valence-electron chi connectivity index (χ2n) is 9.23. The van der Waals surface area contributed by atoms with E-state index < -0.39 is 48.9 Å². The first-order valence-corrected chi connectivity index (χ1v) is 12.7. The van der Waals surface area contributed by atoms with E-state index in [1.807, 2.05) is 0 Å². The molecule has 1 unspecified atom stereocenters. The molecule has 0 aliphatic heterocycles. The Morgan fingerprint density at radius 1 is 0.952 bits per heavy atom. The van der Waals surface area contributed by atoms with Gasteiger partial charge in [0.25, 0.3) is 0 Å². The lowest BCUT2D eigenvalue weighted by Gasteiger charge is -2.27. The third kappa shape index (κ3) is 6.61. The van der Waals surface area contributed by atoms with E-state index >= 15 is 0 Å². The van der Waals surface area contributed by atoms with Gasteiger partial charge in [0.05, 0.1) is 31.1 Å². The number of anilines is 1.